The van der Waals surface area contributed by atoms with Crippen LogP contribution in [0.5, 0.6) is 5.75 Å². The molecule has 2 fully saturated rings. The van der Waals surface area contributed by atoms with E-state index in [9.17, 15) is 14.9 Å². The molecule has 1 N–H and O–H groups in total. The van der Waals surface area contributed by atoms with Gasteiger partial charge in [0.1, 0.15) is 18.1 Å². The normalized spacial score (nSPS) is 20.5. The van der Waals surface area contributed by atoms with Gasteiger partial charge >= 0.3 is 0 Å². The topological polar surface area (TPSA) is 95.3 Å². The first-order chi connectivity index (χ1) is 17.6. The average molecular weight is 483 g/mol. The molecule has 184 valence electrons. The van der Waals surface area contributed by atoms with E-state index in [4.69, 9.17) is 4.74 Å². The molecule has 1 aliphatic heterocycles. The lowest BCUT2D eigenvalue weighted by atomic mass is 9.92. The van der Waals surface area contributed by atoms with Crippen molar-refractivity contribution in [3.05, 3.63) is 65.9 Å². The lowest BCUT2D eigenvalue weighted by Crippen LogP contribution is -2.39. The highest BCUT2D eigenvalue weighted by atomic mass is 16.5. The van der Waals surface area contributed by atoms with Gasteiger partial charge in [-0.1, -0.05) is 0 Å². The Morgan fingerprint density at radius 1 is 1.03 bits per heavy atom. The zero-order valence-electron chi connectivity index (χ0n) is 20.2. The molecule has 1 saturated heterocycles. The van der Waals surface area contributed by atoms with E-state index in [0.29, 0.717) is 16.6 Å². The number of aldehydes is 1. The minimum Gasteiger partial charge on any atom is -0.490 e. The lowest BCUT2D eigenvalue weighted by molar-refractivity contribution is -0.111. The fraction of sp³-hybridized carbons (Fsp3) is 0.379. The molecule has 36 heavy (non-hydrogen) atoms. The average Bonchev–Trinajstić information content (AvgIpc) is 2.94. The number of piperidine rings is 1. The molecule has 2 aliphatic rings. The van der Waals surface area contributed by atoms with Crippen LogP contribution in [-0.4, -0.2) is 42.4 Å². The molecule has 2 aromatic carbocycles. The highest BCUT2D eigenvalue weighted by Crippen LogP contribution is 2.31. The number of carbonyl (C=O) groups excluding carboxylic acids is 2. The standard InChI is InChI=1S/C29H30N4O3/c30-18-22-5-12-27(26-2-1-15-31-28(22)26)36-25-10-6-23(7-11-25)32-29(35)21-3-8-24(9-4-21)33-16-13-20(19-34)14-17-33/h1-5,8-9,12,15,19-20,23,25H,6-7,10-11,13-14,16-17H2,(H,32,35). The summed E-state index contributed by atoms with van der Waals surface area (Å²) < 4.78 is 6.30. The van der Waals surface area contributed by atoms with Gasteiger partial charge in [0.2, 0.25) is 0 Å². The molecule has 5 rings (SSSR count). The number of nitrogens with one attached hydrogen (secondary N) is 1. The lowest BCUT2D eigenvalue weighted by Gasteiger charge is -2.31. The number of anilines is 1. The third kappa shape index (κ3) is 5.18. The van der Waals surface area contributed by atoms with Crippen molar-refractivity contribution < 1.29 is 14.3 Å². The molecular formula is C29H30N4O3. The molecule has 0 radical (unpaired) electrons. The number of hydrogen-bond donors (Lipinski definition) is 1. The summed E-state index contributed by atoms with van der Waals surface area (Å²) in [4.78, 5) is 30.4. The van der Waals surface area contributed by atoms with E-state index >= 15 is 0 Å². The summed E-state index contributed by atoms with van der Waals surface area (Å²) in [5.74, 6) is 0.877. The maximum atomic E-state index is 12.8. The maximum absolute atomic E-state index is 12.8. The number of hydrogen-bond acceptors (Lipinski definition) is 6. The number of fused-ring (bicyclic) bond motifs is 1. The largest absolute Gasteiger partial charge is 0.490 e. The second-order valence-electron chi connectivity index (χ2n) is 9.70. The van der Waals surface area contributed by atoms with Crippen LogP contribution in [-0.2, 0) is 4.79 Å². The summed E-state index contributed by atoms with van der Waals surface area (Å²) >= 11 is 0. The molecule has 0 spiro atoms. The Bertz CT molecular complexity index is 1270. The minimum absolute atomic E-state index is 0.0465. The molecule has 1 saturated carbocycles. The first-order valence-electron chi connectivity index (χ1n) is 12.7. The predicted molar refractivity (Wildman–Crippen MR) is 138 cm³/mol. The summed E-state index contributed by atoms with van der Waals surface area (Å²) in [5.41, 5.74) is 2.96. The van der Waals surface area contributed by atoms with Gasteiger partial charge in [0, 0.05) is 47.9 Å². The molecule has 1 aliphatic carbocycles. The van der Waals surface area contributed by atoms with Crippen LogP contribution in [0.25, 0.3) is 10.9 Å². The zero-order chi connectivity index (χ0) is 24.9. The van der Waals surface area contributed by atoms with Crippen LogP contribution >= 0.6 is 0 Å². The van der Waals surface area contributed by atoms with Gasteiger partial charge in [-0.05, 0) is 87.1 Å². The van der Waals surface area contributed by atoms with Crippen molar-refractivity contribution in [2.75, 3.05) is 18.0 Å². The fourth-order valence-electron chi connectivity index (χ4n) is 5.23. The van der Waals surface area contributed by atoms with E-state index in [1.54, 1.807) is 12.3 Å². The molecule has 2 heterocycles. The van der Waals surface area contributed by atoms with E-state index < -0.39 is 0 Å². The van der Waals surface area contributed by atoms with Gasteiger partial charge in [0.05, 0.1) is 17.2 Å². The number of aromatic nitrogens is 1. The van der Waals surface area contributed by atoms with Crippen LogP contribution in [0.4, 0.5) is 5.69 Å². The Morgan fingerprint density at radius 2 is 1.78 bits per heavy atom. The number of carbonyl (C=O) groups is 2. The Hall–Kier alpha value is -3.92. The highest BCUT2D eigenvalue weighted by molar-refractivity contribution is 5.94. The molecular weight excluding hydrogens is 452 g/mol. The number of ether oxygens (including phenoxy) is 1. The molecule has 3 aromatic rings. The van der Waals surface area contributed by atoms with Crippen molar-refractivity contribution in [2.45, 2.75) is 50.7 Å². The van der Waals surface area contributed by atoms with Crippen LogP contribution < -0.4 is 15.0 Å². The second kappa shape index (κ2) is 10.8. The Balaban J connectivity index is 1.13. The van der Waals surface area contributed by atoms with Gasteiger partial charge in [-0.15, -0.1) is 0 Å². The van der Waals surface area contributed by atoms with Crippen molar-refractivity contribution in [3.8, 4) is 11.8 Å². The van der Waals surface area contributed by atoms with Gasteiger partial charge in [0.25, 0.3) is 5.91 Å². The van der Waals surface area contributed by atoms with Crippen molar-refractivity contribution in [1.82, 2.24) is 10.3 Å². The predicted octanol–water partition coefficient (Wildman–Crippen LogP) is 4.64. The number of rotatable bonds is 6. The fourth-order valence-corrected chi connectivity index (χ4v) is 5.23. The van der Waals surface area contributed by atoms with Gasteiger partial charge < -0.3 is 19.7 Å². The SMILES string of the molecule is N#Cc1ccc(OC2CCC(NC(=O)c3ccc(N4CCC(C=O)CC4)cc3)CC2)c2cccnc12. The second-order valence-corrected chi connectivity index (χ2v) is 9.70. The minimum atomic E-state index is -0.0465. The van der Waals surface area contributed by atoms with E-state index in [0.717, 1.165) is 74.7 Å². The van der Waals surface area contributed by atoms with Crippen molar-refractivity contribution in [2.24, 2.45) is 5.92 Å². The van der Waals surface area contributed by atoms with Crippen LogP contribution in [0.15, 0.2) is 54.7 Å². The van der Waals surface area contributed by atoms with Crippen molar-refractivity contribution in [3.63, 3.8) is 0 Å². The quantitative estimate of drug-likeness (QED) is 0.514. The number of amides is 1. The van der Waals surface area contributed by atoms with Crippen LogP contribution in [0.3, 0.4) is 0 Å². The summed E-state index contributed by atoms with van der Waals surface area (Å²) in [5, 5.41) is 13.4. The van der Waals surface area contributed by atoms with E-state index in [1.165, 1.54) is 0 Å². The van der Waals surface area contributed by atoms with E-state index in [-0.39, 0.29) is 24.0 Å². The van der Waals surface area contributed by atoms with E-state index in [1.807, 2.05) is 42.5 Å². The summed E-state index contributed by atoms with van der Waals surface area (Å²) in [7, 11) is 0. The molecule has 1 amide bonds. The van der Waals surface area contributed by atoms with Crippen molar-refractivity contribution >= 4 is 28.8 Å². The van der Waals surface area contributed by atoms with E-state index in [2.05, 4.69) is 21.3 Å². The van der Waals surface area contributed by atoms with Crippen LogP contribution in [0, 0.1) is 17.2 Å². The molecule has 7 heteroatoms. The molecule has 1 aromatic heterocycles. The van der Waals surface area contributed by atoms with Gasteiger partial charge in [-0.3, -0.25) is 9.78 Å². The third-order valence-corrected chi connectivity index (χ3v) is 7.38. The first kappa shape index (κ1) is 23.8. The number of pyridine rings is 1. The van der Waals surface area contributed by atoms with Gasteiger partial charge in [0.15, 0.2) is 0 Å². The number of benzene rings is 2. The van der Waals surface area contributed by atoms with Gasteiger partial charge in [-0.25, -0.2) is 0 Å². The highest BCUT2D eigenvalue weighted by Gasteiger charge is 2.25. The summed E-state index contributed by atoms with van der Waals surface area (Å²) in [6.45, 7) is 1.74. The number of nitrogens with zero attached hydrogens (tertiary/aromatic N) is 3. The van der Waals surface area contributed by atoms with Crippen LogP contribution in [0.2, 0.25) is 0 Å². The molecule has 0 atom stereocenters. The summed E-state index contributed by atoms with van der Waals surface area (Å²) in [6, 6.07) is 17.5. The first-order valence-corrected chi connectivity index (χ1v) is 12.7. The smallest absolute Gasteiger partial charge is 0.251 e. The molecule has 7 nitrogen and oxygen atoms in total. The van der Waals surface area contributed by atoms with Crippen molar-refractivity contribution in [1.29, 1.82) is 5.26 Å². The number of nitriles is 1. The van der Waals surface area contributed by atoms with Crippen LogP contribution in [0.1, 0.15) is 54.4 Å². The Labute approximate surface area is 211 Å². The Kier molecular flexibility index (Phi) is 7.13. The maximum Gasteiger partial charge on any atom is 0.251 e. The summed E-state index contributed by atoms with van der Waals surface area (Å²) in [6.07, 6.45) is 8.00. The monoisotopic (exact) mass is 482 g/mol. The third-order valence-electron chi connectivity index (χ3n) is 7.38. The van der Waals surface area contributed by atoms with Gasteiger partial charge in [-0.2, -0.15) is 5.26 Å². The Morgan fingerprint density at radius 3 is 2.47 bits per heavy atom. The molecule has 0 unspecified atom stereocenters. The molecule has 0 bridgehead atoms. The zero-order valence-corrected chi connectivity index (χ0v) is 20.2.